The maximum atomic E-state index is 13.3. The first-order valence-corrected chi connectivity index (χ1v) is 6.07. The molecule has 1 aromatic carbocycles. The number of carbonyl (C=O) groups is 1. The minimum Gasteiger partial charge on any atom is -0.340 e. The zero-order chi connectivity index (χ0) is 13.0. The van der Waals surface area contributed by atoms with E-state index in [0.29, 0.717) is 12.1 Å². The van der Waals surface area contributed by atoms with Crippen LogP contribution in [0, 0.1) is 5.82 Å². The molecule has 1 amide bonds. The predicted octanol–water partition coefficient (Wildman–Crippen LogP) is 2.22. The summed E-state index contributed by atoms with van der Waals surface area (Å²) in [4.78, 5) is 15.6. The van der Waals surface area contributed by atoms with Crippen LogP contribution in [0.4, 0.5) is 4.39 Å². The first-order chi connectivity index (χ1) is 7.93. The second-order valence-corrected chi connectivity index (χ2v) is 4.92. The predicted molar refractivity (Wildman–Crippen MR) is 69.6 cm³/mol. The highest BCUT2D eigenvalue weighted by Gasteiger charge is 2.16. The molecule has 0 unspecified atom stereocenters. The first-order valence-electron chi connectivity index (χ1n) is 5.27. The smallest absolute Gasteiger partial charge is 0.254 e. The van der Waals surface area contributed by atoms with Gasteiger partial charge in [-0.3, -0.25) is 4.79 Å². The Morgan fingerprint density at radius 2 is 1.94 bits per heavy atom. The molecule has 0 N–H and O–H groups in total. The van der Waals surface area contributed by atoms with Crippen LogP contribution in [0.5, 0.6) is 0 Å². The molecule has 5 heteroatoms. The zero-order valence-corrected chi connectivity index (χ0v) is 11.8. The van der Waals surface area contributed by atoms with Crippen molar-refractivity contribution in [2.24, 2.45) is 0 Å². The SMILES string of the molecule is CN(C)CCN(C)C(=O)c1cccc(F)c1Br. The second-order valence-electron chi connectivity index (χ2n) is 4.13. The number of hydrogen-bond acceptors (Lipinski definition) is 2. The Morgan fingerprint density at radius 1 is 1.29 bits per heavy atom. The average Bonchev–Trinajstić information content (AvgIpc) is 2.28. The first kappa shape index (κ1) is 14.1. The van der Waals surface area contributed by atoms with Gasteiger partial charge in [-0.2, -0.15) is 0 Å². The quantitative estimate of drug-likeness (QED) is 0.851. The summed E-state index contributed by atoms with van der Waals surface area (Å²) in [7, 11) is 5.59. The Labute approximate surface area is 109 Å². The normalized spacial score (nSPS) is 10.7. The molecule has 0 spiro atoms. The fraction of sp³-hybridized carbons (Fsp3) is 0.417. The molecule has 17 heavy (non-hydrogen) atoms. The van der Waals surface area contributed by atoms with E-state index in [2.05, 4.69) is 15.9 Å². The molecule has 1 aromatic rings. The molecule has 0 aliphatic heterocycles. The van der Waals surface area contributed by atoms with Crippen molar-refractivity contribution >= 4 is 21.8 Å². The summed E-state index contributed by atoms with van der Waals surface area (Å²) in [5.41, 5.74) is 0.353. The molecule has 0 bridgehead atoms. The van der Waals surface area contributed by atoms with Crippen LogP contribution in [0.3, 0.4) is 0 Å². The van der Waals surface area contributed by atoms with Crippen molar-refractivity contribution in [1.82, 2.24) is 9.80 Å². The van der Waals surface area contributed by atoms with E-state index < -0.39 is 5.82 Å². The van der Waals surface area contributed by atoms with Crippen LogP contribution in [-0.4, -0.2) is 49.9 Å². The van der Waals surface area contributed by atoms with Crippen LogP contribution in [0.25, 0.3) is 0 Å². The van der Waals surface area contributed by atoms with Gasteiger partial charge in [0, 0.05) is 20.1 Å². The van der Waals surface area contributed by atoms with Crippen LogP contribution < -0.4 is 0 Å². The lowest BCUT2D eigenvalue weighted by atomic mass is 10.2. The van der Waals surface area contributed by atoms with Crippen LogP contribution in [0.15, 0.2) is 22.7 Å². The maximum Gasteiger partial charge on any atom is 0.254 e. The number of carbonyl (C=O) groups excluding carboxylic acids is 1. The molecule has 0 atom stereocenters. The number of nitrogens with zero attached hydrogens (tertiary/aromatic N) is 2. The summed E-state index contributed by atoms with van der Waals surface area (Å²) in [6.45, 7) is 1.38. The molecule has 0 saturated carbocycles. The third kappa shape index (κ3) is 3.78. The topological polar surface area (TPSA) is 23.6 Å². The van der Waals surface area contributed by atoms with Crippen molar-refractivity contribution < 1.29 is 9.18 Å². The van der Waals surface area contributed by atoms with Crippen molar-refractivity contribution in [2.45, 2.75) is 0 Å². The molecule has 0 aliphatic rings. The van der Waals surface area contributed by atoms with E-state index in [4.69, 9.17) is 0 Å². The molecular formula is C12H16BrFN2O. The fourth-order valence-corrected chi connectivity index (χ4v) is 1.76. The van der Waals surface area contributed by atoms with Gasteiger partial charge >= 0.3 is 0 Å². The van der Waals surface area contributed by atoms with Crippen molar-refractivity contribution in [3.05, 3.63) is 34.1 Å². The van der Waals surface area contributed by atoms with Gasteiger partial charge in [0.1, 0.15) is 5.82 Å². The van der Waals surface area contributed by atoms with Gasteiger partial charge in [0.15, 0.2) is 0 Å². The molecule has 0 fully saturated rings. The number of halogens is 2. The van der Waals surface area contributed by atoms with Gasteiger partial charge in [0.05, 0.1) is 10.0 Å². The lowest BCUT2D eigenvalue weighted by molar-refractivity contribution is 0.0785. The highest BCUT2D eigenvalue weighted by molar-refractivity contribution is 9.10. The molecular weight excluding hydrogens is 287 g/mol. The Balaban J connectivity index is 2.78. The maximum absolute atomic E-state index is 13.3. The van der Waals surface area contributed by atoms with Crippen LogP contribution in [0.2, 0.25) is 0 Å². The molecule has 0 aromatic heterocycles. The van der Waals surface area contributed by atoms with Crippen molar-refractivity contribution in [3.8, 4) is 0 Å². The molecule has 0 radical (unpaired) electrons. The third-order valence-electron chi connectivity index (χ3n) is 2.41. The minimum atomic E-state index is -0.420. The average molecular weight is 303 g/mol. The van der Waals surface area contributed by atoms with E-state index in [0.717, 1.165) is 6.54 Å². The van der Waals surface area contributed by atoms with Crippen LogP contribution in [-0.2, 0) is 0 Å². The molecule has 1 rings (SSSR count). The van der Waals surface area contributed by atoms with Gasteiger partial charge in [-0.05, 0) is 42.2 Å². The van der Waals surface area contributed by atoms with Gasteiger partial charge in [-0.15, -0.1) is 0 Å². The third-order valence-corrected chi connectivity index (χ3v) is 3.22. The van der Waals surface area contributed by atoms with Crippen molar-refractivity contribution in [3.63, 3.8) is 0 Å². The molecule has 3 nitrogen and oxygen atoms in total. The monoisotopic (exact) mass is 302 g/mol. The van der Waals surface area contributed by atoms with Gasteiger partial charge in [0.25, 0.3) is 5.91 Å². The van der Waals surface area contributed by atoms with E-state index in [1.807, 2.05) is 19.0 Å². The number of rotatable bonds is 4. The second kappa shape index (κ2) is 6.12. The highest BCUT2D eigenvalue weighted by Crippen LogP contribution is 2.21. The standard InChI is InChI=1S/C12H16BrFN2O/c1-15(2)7-8-16(3)12(17)9-5-4-6-10(14)11(9)13/h4-6H,7-8H2,1-3H3. The van der Waals surface area contributed by atoms with Crippen LogP contribution in [0.1, 0.15) is 10.4 Å². The molecule has 0 saturated heterocycles. The number of likely N-dealkylation sites (N-methyl/N-ethyl adjacent to an activating group) is 2. The van der Waals surface area contributed by atoms with Gasteiger partial charge in [-0.1, -0.05) is 6.07 Å². The lowest BCUT2D eigenvalue weighted by Crippen LogP contribution is -2.33. The summed E-state index contributed by atoms with van der Waals surface area (Å²) in [6.07, 6.45) is 0. The van der Waals surface area contributed by atoms with Gasteiger partial charge in [-0.25, -0.2) is 4.39 Å². The number of amides is 1. The van der Waals surface area contributed by atoms with E-state index >= 15 is 0 Å². The van der Waals surface area contributed by atoms with E-state index in [-0.39, 0.29) is 10.4 Å². The lowest BCUT2D eigenvalue weighted by Gasteiger charge is -2.20. The highest BCUT2D eigenvalue weighted by atomic mass is 79.9. The van der Waals surface area contributed by atoms with Crippen LogP contribution >= 0.6 is 15.9 Å². The summed E-state index contributed by atoms with van der Waals surface area (Å²) in [5, 5.41) is 0. The van der Waals surface area contributed by atoms with E-state index in [9.17, 15) is 9.18 Å². The molecule has 0 aliphatic carbocycles. The van der Waals surface area contributed by atoms with Gasteiger partial charge in [0.2, 0.25) is 0 Å². The summed E-state index contributed by atoms with van der Waals surface area (Å²) in [6, 6.07) is 4.47. The number of benzene rings is 1. The summed E-state index contributed by atoms with van der Waals surface area (Å²) in [5.74, 6) is -0.602. The summed E-state index contributed by atoms with van der Waals surface area (Å²) < 4.78 is 13.5. The Kier molecular flexibility index (Phi) is 5.08. The Morgan fingerprint density at radius 3 is 2.53 bits per heavy atom. The van der Waals surface area contributed by atoms with Crippen molar-refractivity contribution in [1.29, 1.82) is 0 Å². The number of hydrogen-bond donors (Lipinski definition) is 0. The Hall–Kier alpha value is -0.940. The molecule has 0 heterocycles. The largest absolute Gasteiger partial charge is 0.340 e. The van der Waals surface area contributed by atoms with E-state index in [1.165, 1.54) is 12.1 Å². The molecule has 94 valence electrons. The fourth-order valence-electron chi connectivity index (χ4n) is 1.33. The van der Waals surface area contributed by atoms with E-state index in [1.54, 1.807) is 18.0 Å². The Bertz CT molecular complexity index is 409. The zero-order valence-electron chi connectivity index (χ0n) is 10.2. The summed E-state index contributed by atoms with van der Waals surface area (Å²) >= 11 is 3.10. The van der Waals surface area contributed by atoms with Crippen molar-refractivity contribution in [2.75, 3.05) is 34.2 Å². The minimum absolute atomic E-state index is 0.182. The van der Waals surface area contributed by atoms with Gasteiger partial charge < -0.3 is 9.80 Å².